The maximum atomic E-state index is 14.6. The lowest BCUT2D eigenvalue weighted by Gasteiger charge is -2.16. The van der Waals surface area contributed by atoms with E-state index >= 15 is 0 Å². The molecule has 0 aliphatic heterocycles. The molecule has 0 aliphatic rings. The number of nitrogens with zero attached hydrogens (tertiary/aromatic N) is 2. The normalized spacial score (nSPS) is 11.7. The highest BCUT2D eigenvalue weighted by atomic mass is 19.1. The molecule has 0 bridgehead atoms. The van der Waals surface area contributed by atoms with E-state index in [4.69, 9.17) is 5.73 Å². The van der Waals surface area contributed by atoms with Gasteiger partial charge < -0.3 is 15.3 Å². The number of carbonyl (C=O) groups is 1. The molecule has 0 fully saturated rings. The van der Waals surface area contributed by atoms with E-state index in [1.807, 2.05) is 0 Å². The van der Waals surface area contributed by atoms with E-state index in [0.29, 0.717) is 22.2 Å². The second kappa shape index (κ2) is 8.47. The molecule has 0 spiro atoms. The standard InChI is InChI=1S/C24H18F2N4O2/c1-30-11-3-6-17(24(30)32)16(18-12-15(25)7-8-20(18)26)5-2-4-14-9-10-28-23-21(14)19(13-29-23)22(27)31/h3,6-13,16H,5H2,1H3,(H2,27,31)(H,28,29). The first-order valence-electron chi connectivity index (χ1n) is 9.72. The molecule has 3 N–H and O–H groups in total. The number of aryl methyl sites for hydroxylation is 1. The summed E-state index contributed by atoms with van der Waals surface area (Å²) in [6.07, 6.45) is 4.62. The van der Waals surface area contributed by atoms with Gasteiger partial charge in [0.1, 0.15) is 17.3 Å². The number of primary amides is 1. The third-order valence-electron chi connectivity index (χ3n) is 5.23. The smallest absolute Gasteiger partial charge is 0.254 e. The van der Waals surface area contributed by atoms with Crippen LogP contribution in [0, 0.1) is 23.5 Å². The maximum Gasteiger partial charge on any atom is 0.254 e. The number of halogens is 2. The molecule has 32 heavy (non-hydrogen) atoms. The van der Waals surface area contributed by atoms with Crippen molar-refractivity contribution in [3.05, 3.63) is 99.2 Å². The van der Waals surface area contributed by atoms with Gasteiger partial charge in [0, 0.05) is 54.5 Å². The van der Waals surface area contributed by atoms with E-state index in [2.05, 4.69) is 21.8 Å². The number of amides is 1. The highest BCUT2D eigenvalue weighted by Crippen LogP contribution is 2.29. The van der Waals surface area contributed by atoms with Crippen molar-refractivity contribution in [1.82, 2.24) is 14.5 Å². The van der Waals surface area contributed by atoms with Gasteiger partial charge in [-0.1, -0.05) is 17.9 Å². The second-order valence-electron chi connectivity index (χ2n) is 7.25. The quantitative estimate of drug-likeness (QED) is 0.485. The predicted molar refractivity (Wildman–Crippen MR) is 116 cm³/mol. The molecule has 1 amide bonds. The SMILES string of the molecule is Cn1cccc(C(CC#Cc2ccnc3[nH]cc(C(N)=O)c23)c2cc(F)ccc2F)c1=O. The first kappa shape index (κ1) is 21.0. The third kappa shape index (κ3) is 3.88. The summed E-state index contributed by atoms with van der Waals surface area (Å²) >= 11 is 0. The van der Waals surface area contributed by atoms with Crippen LogP contribution in [0.15, 0.2) is 59.8 Å². The number of rotatable bonds is 4. The molecule has 3 aromatic heterocycles. The molecule has 1 aromatic carbocycles. The Bertz CT molecular complexity index is 1460. The van der Waals surface area contributed by atoms with Crippen LogP contribution < -0.4 is 11.3 Å². The number of nitrogens with one attached hydrogen (secondary N) is 1. The van der Waals surface area contributed by atoms with Crippen molar-refractivity contribution in [3.8, 4) is 11.8 Å². The van der Waals surface area contributed by atoms with Crippen LogP contribution in [-0.4, -0.2) is 20.4 Å². The van der Waals surface area contributed by atoms with Crippen LogP contribution >= 0.6 is 0 Å². The zero-order valence-corrected chi connectivity index (χ0v) is 17.0. The third-order valence-corrected chi connectivity index (χ3v) is 5.23. The molecule has 4 rings (SSSR count). The fraction of sp³-hybridized carbons (Fsp3) is 0.125. The van der Waals surface area contributed by atoms with Crippen molar-refractivity contribution in [2.24, 2.45) is 12.8 Å². The number of aromatic amines is 1. The van der Waals surface area contributed by atoms with Crippen molar-refractivity contribution in [2.45, 2.75) is 12.3 Å². The van der Waals surface area contributed by atoms with Gasteiger partial charge >= 0.3 is 0 Å². The van der Waals surface area contributed by atoms with E-state index < -0.39 is 23.5 Å². The van der Waals surface area contributed by atoms with E-state index in [-0.39, 0.29) is 23.1 Å². The molecule has 8 heteroatoms. The first-order chi connectivity index (χ1) is 15.4. The minimum atomic E-state index is -0.794. The Morgan fingerprint density at radius 1 is 1.25 bits per heavy atom. The lowest BCUT2D eigenvalue weighted by atomic mass is 9.89. The molecule has 6 nitrogen and oxygen atoms in total. The van der Waals surface area contributed by atoms with Crippen LogP contribution in [0.3, 0.4) is 0 Å². The first-order valence-corrected chi connectivity index (χ1v) is 9.72. The Morgan fingerprint density at radius 3 is 2.84 bits per heavy atom. The average Bonchev–Trinajstić information content (AvgIpc) is 3.21. The minimum Gasteiger partial charge on any atom is -0.366 e. The van der Waals surface area contributed by atoms with Crippen LogP contribution in [0.1, 0.15) is 39.4 Å². The highest BCUT2D eigenvalue weighted by molar-refractivity contribution is 6.07. The maximum absolute atomic E-state index is 14.6. The largest absolute Gasteiger partial charge is 0.366 e. The lowest BCUT2D eigenvalue weighted by Crippen LogP contribution is -2.23. The Kier molecular flexibility index (Phi) is 5.56. The minimum absolute atomic E-state index is 0.0414. The number of hydrogen-bond acceptors (Lipinski definition) is 3. The molecule has 0 radical (unpaired) electrons. The molecular formula is C24H18F2N4O2. The van der Waals surface area contributed by atoms with Crippen LogP contribution in [0.25, 0.3) is 11.0 Å². The number of carbonyl (C=O) groups excluding carboxylic acids is 1. The second-order valence-corrected chi connectivity index (χ2v) is 7.25. The number of aromatic nitrogens is 3. The summed E-state index contributed by atoms with van der Waals surface area (Å²) in [4.78, 5) is 31.5. The Morgan fingerprint density at radius 2 is 2.06 bits per heavy atom. The topological polar surface area (TPSA) is 93.8 Å². The summed E-state index contributed by atoms with van der Waals surface area (Å²) in [7, 11) is 1.58. The number of H-pyrrole nitrogens is 1. The van der Waals surface area contributed by atoms with E-state index in [9.17, 15) is 18.4 Å². The molecule has 0 saturated carbocycles. The number of pyridine rings is 2. The van der Waals surface area contributed by atoms with Crippen LogP contribution in [0.5, 0.6) is 0 Å². The molecular weight excluding hydrogens is 414 g/mol. The summed E-state index contributed by atoms with van der Waals surface area (Å²) in [5, 5.41) is 0.483. The number of nitrogens with two attached hydrogens (primary N) is 1. The van der Waals surface area contributed by atoms with Gasteiger partial charge in [0.25, 0.3) is 11.5 Å². The Balaban J connectivity index is 1.80. The summed E-state index contributed by atoms with van der Waals surface area (Å²) in [6.45, 7) is 0. The van der Waals surface area contributed by atoms with Crippen molar-refractivity contribution in [1.29, 1.82) is 0 Å². The van der Waals surface area contributed by atoms with E-state index in [1.54, 1.807) is 31.4 Å². The Labute approximate surface area is 181 Å². The lowest BCUT2D eigenvalue weighted by molar-refractivity contribution is 0.100. The zero-order valence-electron chi connectivity index (χ0n) is 17.0. The number of benzene rings is 1. The van der Waals surface area contributed by atoms with Gasteiger partial charge in [-0.15, -0.1) is 0 Å². The summed E-state index contributed by atoms with van der Waals surface area (Å²) in [5.41, 5.74) is 6.66. The van der Waals surface area contributed by atoms with E-state index in [0.717, 1.165) is 18.2 Å². The molecule has 0 aliphatic carbocycles. The van der Waals surface area contributed by atoms with Crippen LogP contribution in [-0.2, 0) is 7.05 Å². The van der Waals surface area contributed by atoms with Gasteiger partial charge in [0.05, 0.1) is 5.56 Å². The van der Waals surface area contributed by atoms with Crippen LogP contribution in [0.4, 0.5) is 8.78 Å². The van der Waals surface area contributed by atoms with Crippen molar-refractivity contribution in [2.75, 3.05) is 0 Å². The van der Waals surface area contributed by atoms with Crippen molar-refractivity contribution < 1.29 is 13.6 Å². The van der Waals surface area contributed by atoms with Gasteiger partial charge in [0.15, 0.2) is 0 Å². The number of hydrogen-bond donors (Lipinski definition) is 2. The van der Waals surface area contributed by atoms with Gasteiger partial charge in [-0.05, 0) is 35.9 Å². The summed E-state index contributed by atoms with van der Waals surface area (Å²) in [6, 6.07) is 8.02. The zero-order chi connectivity index (χ0) is 22.8. The summed E-state index contributed by atoms with van der Waals surface area (Å²) in [5.74, 6) is 3.27. The van der Waals surface area contributed by atoms with Gasteiger partial charge in [0.2, 0.25) is 0 Å². The van der Waals surface area contributed by atoms with E-state index in [1.165, 1.54) is 17.0 Å². The fourth-order valence-corrected chi connectivity index (χ4v) is 3.66. The summed E-state index contributed by atoms with van der Waals surface area (Å²) < 4.78 is 29.9. The monoisotopic (exact) mass is 432 g/mol. The van der Waals surface area contributed by atoms with Gasteiger partial charge in [-0.25, -0.2) is 13.8 Å². The average molecular weight is 432 g/mol. The van der Waals surface area contributed by atoms with Gasteiger partial charge in [-0.3, -0.25) is 9.59 Å². The van der Waals surface area contributed by atoms with Crippen molar-refractivity contribution >= 4 is 16.9 Å². The highest BCUT2D eigenvalue weighted by Gasteiger charge is 2.21. The fourth-order valence-electron chi connectivity index (χ4n) is 3.66. The van der Waals surface area contributed by atoms with Crippen molar-refractivity contribution in [3.63, 3.8) is 0 Å². The number of fused-ring (bicyclic) bond motifs is 1. The molecule has 4 aromatic rings. The molecule has 1 atom stereocenters. The molecule has 3 heterocycles. The molecule has 1 unspecified atom stereocenters. The Hall–Kier alpha value is -4.25. The molecule has 0 saturated heterocycles. The van der Waals surface area contributed by atoms with Crippen LogP contribution in [0.2, 0.25) is 0 Å². The van der Waals surface area contributed by atoms with Gasteiger partial charge in [-0.2, -0.15) is 0 Å². The molecule has 160 valence electrons. The predicted octanol–water partition coefficient (Wildman–Crippen LogP) is 3.21.